The van der Waals surface area contributed by atoms with Crippen molar-refractivity contribution in [2.75, 3.05) is 26.2 Å². The Bertz CT molecular complexity index is 1150. The summed E-state index contributed by atoms with van der Waals surface area (Å²) < 4.78 is 6.77. The Morgan fingerprint density at radius 3 is 2.71 bits per heavy atom. The summed E-state index contributed by atoms with van der Waals surface area (Å²) in [5, 5.41) is 23.5. The van der Waals surface area contributed by atoms with Gasteiger partial charge in [-0.05, 0) is 81.8 Å². The second-order valence-corrected chi connectivity index (χ2v) is 12.0. The topological polar surface area (TPSA) is 56.2 Å². The number of phenols is 1. The van der Waals surface area contributed by atoms with E-state index in [1.807, 2.05) is 6.08 Å². The van der Waals surface area contributed by atoms with Gasteiger partial charge in [0, 0.05) is 24.2 Å². The highest BCUT2D eigenvalue weighted by molar-refractivity contribution is 5.62. The zero-order chi connectivity index (χ0) is 26.3. The quantitative estimate of drug-likeness (QED) is 0.317. The first-order valence-electron chi connectivity index (χ1n) is 14.9. The maximum absolute atomic E-state index is 12.6. The largest absolute Gasteiger partial charge is 0.504 e. The van der Waals surface area contributed by atoms with Crippen molar-refractivity contribution < 1.29 is 14.9 Å². The third kappa shape index (κ3) is 3.92. The molecule has 2 aromatic carbocycles. The molecule has 204 valence electrons. The molecule has 5 atom stereocenters. The number of likely N-dealkylation sites (N-methyl/N-ethyl adjacent to an activating group) is 1. The molecule has 0 amide bonds. The van der Waals surface area contributed by atoms with E-state index in [1.54, 1.807) is 6.07 Å². The lowest BCUT2D eigenvalue weighted by Gasteiger charge is -2.64. The summed E-state index contributed by atoms with van der Waals surface area (Å²) in [6.07, 6.45) is 11.3. The number of hydrogen-bond donors (Lipinski definition) is 2. The van der Waals surface area contributed by atoms with E-state index in [9.17, 15) is 10.2 Å². The number of likely N-dealkylation sites (tertiary alicyclic amines) is 1. The van der Waals surface area contributed by atoms with Gasteiger partial charge in [-0.15, -0.1) is 6.58 Å². The van der Waals surface area contributed by atoms with Crippen LogP contribution in [0.15, 0.2) is 55.1 Å². The molecule has 38 heavy (non-hydrogen) atoms. The van der Waals surface area contributed by atoms with Gasteiger partial charge in [0.1, 0.15) is 6.10 Å². The maximum atomic E-state index is 12.6. The smallest absolute Gasteiger partial charge is 0.165 e. The monoisotopic (exact) mass is 516 g/mol. The van der Waals surface area contributed by atoms with Crippen molar-refractivity contribution in [3.05, 3.63) is 71.8 Å². The van der Waals surface area contributed by atoms with Gasteiger partial charge in [0.2, 0.25) is 0 Å². The van der Waals surface area contributed by atoms with Crippen molar-refractivity contribution in [2.45, 2.75) is 93.9 Å². The highest BCUT2D eigenvalue weighted by Crippen LogP contribution is 2.65. The fraction of sp³-hybridized carbons (Fsp3) is 0.576. The average molecular weight is 517 g/mol. The molecule has 2 aliphatic heterocycles. The van der Waals surface area contributed by atoms with Crippen LogP contribution in [0, 0.1) is 0 Å². The van der Waals surface area contributed by atoms with E-state index in [0.29, 0.717) is 5.75 Å². The molecule has 1 spiro atoms. The number of aliphatic hydroxyl groups is 1. The van der Waals surface area contributed by atoms with Gasteiger partial charge in [0.25, 0.3) is 0 Å². The van der Waals surface area contributed by atoms with Gasteiger partial charge in [-0.2, -0.15) is 0 Å². The fourth-order valence-corrected chi connectivity index (χ4v) is 8.56. The Morgan fingerprint density at radius 1 is 1.11 bits per heavy atom. The fourth-order valence-electron chi connectivity index (χ4n) is 8.56. The minimum Gasteiger partial charge on any atom is -0.504 e. The summed E-state index contributed by atoms with van der Waals surface area (Å²) in [6.45, 7) is 10.0. The Hall–Kier alpha value is -2.34. The van der Waals surface area contributed by atoms with Crippen LogP contribution in [0.4, 0.5) is 0 Å². The number of aromatic hydroxyl groups is 1. The number of unbranched alkanes of at least 4 members (excludes halogenated alkanes) is 3. The van der Waals surface area contributed by atoms with Crippen LogP contribution in [0.3, 0.4) is 0 Å². The van der Waals surface area contributed by atoms with Crippen LogP contribution in [0.25, 0.3) is 0 Å². The van der Waals surface area contributed by atoms with Crippen LogP contribution in [-0.2, 0) is 18.3 Å². The summed E-state index contributed by atoms with van der Waals surface area (Å²) in [4.78, 5) is 5.04. The Kier molecular flexibility index (Phi) is 7.04. The van der Waals surface area contributed by atoms with E-state index in [4.69, 9.17) is 4.74 Å². The van der Waals surface area contributed by atoms with Crippen molar-refractivity contribution in [1.82, 2.24) is 9.80 Å². The number of phenolic OH excluding ortho intramolecular Hbond substituents is 1. The van der Waals surface area contributed by atoms with Gasteiger partial charge < -0.3 is 14.9 Å². The second-order valence-electron chi connectivity index (χ2n) is 12.0. The van der Waals surface area contributed by atoms with Gasteiger partial charge in [-0.25, -0.2) is 0 Å². The number of benzene rings is 2. The van der Waals surface area contributed by atoms with E-state index in [1.165, 1.54) is 36.8 Å². The molecule has 0 radical (unpaired) electrons. The van der Waals surface area contributed by atoms with Gasteiger partial charge in [0.15, 0.2) is 11.5 Å². The molecule has 0 aromatic heterocycles. The Balaban J connectivity index is 1.20. The summed E-state index contributed by atoms with van der Waals surface area (Å²) in [5.41, 5.74) is 2.48. The van der Waals surface area contributed by atoms with Crippen LogP contribution in [-0.4, -0.2) is 70.0 Å². The van der Waals surface area contributed by atoms with Crippen molar-refractivity contribution in [2.24, 2.45) is 0 Å². The molecular weight excluding hydrogens is 472 g/mol. The standard InChI is InChI=1S/C33H44N2O3/c1-3-20-35-22-19-32-29-25-15-16-27(36)30(29)38-31(32)26(17-18-33(32,37)28(35)23-25)34(4-2)21-11-6-5-8-12-24-13-9-7-10-14-24/h3,7,9-10,13-16,26,28,31,36-37H,1,4-6,8,11-12,17-23H2,2H3/t26?,28-,31?,32+,33-/m1/s1. The van der Waals surface area contributed by atoms with Gasteiger partial charge in [0.05, 0.1) is 11.0 Å². The van der Waals surface area contributed by atoms with E-state index in [2.05, 4.69) is 59.7 Å². The van der Waals surface area contributed by atoms with Crippen molar-refractivity contribution in [1.29, 1.82) is 0 Å². The van der Waals surface area contributed by atoms with E-state index in [-0.39, 0.29) is 23.9 Å². The molecule has 6 rings (SSSR count). The zero-order valence-corrected chi connectivity index (χ0v) is 22.9. The zero-order valence-electron chi connectivity index (χ0n) is 22.9. The lowest BCUT2D eigenvalue weighted by atomic mass is 9.48. The summed E-state index contributed by atoms with van der Waals surface area (Å²) >= 11 is 0. The number of rotatable bonds is 11. The van der Waals surface area contributed by atoms with E-state index >= 15 is 0 Å². The molecule has 5 nitrogen and oxygen atoms in total. The van der Waals surface area contributed by atoms with Crippen LogP contribution in [0.2, 0.25) is 0 Å². The van der Waals surface area contributed by atoms with Crippen molar-refractivity contribution in [3.8, 4) is 11.5 Å². The van der Waals surface area contributed by atoms with Crippen LogP contribution in [0.1, 0.15) is 68.6 Å². The molecular formula is C33H44N2O3. The average Bonchev–Trinajstić information content (AvgIpc) is 3.28. The minimum atomic E-state index is -0.849. The normalized spacial score (nSPS) is 31.2. The highest BCUT2D eigenvalue weighted by Gasteiger charge is 2.73. The molecule has 2 unspecified atom stereocenters. The van der Waals surface area contributed by atoms with E-state index < -0.39 is 11.0 Å². The SMILES string of the molecule is C=CCN1CC[C@]23c4c5ccc(O)c4OC2C(N(CC)CCCCCCc2ccccc2)CC[C@@]3(O)[C@H]1C5. The Labute approximate surface area is 228 Å². The van der Waals surface area contributed by atoms with Crippen LogP contribution in [0.5, 0.6) is 11.5 Å². The maximum Gasteiger partial charge on any atom is 0.165 e. The van der Waals surface area contributed by atoms with Gasteiger partial charge in [-0.1, -0.05) is 62.2 Å². The minimum absolute atomic E-state index is 0.0592. The van der Waals surface area contributed by atoms with E-state index in [0.717, 1.165) is 63.8 Å². The molecule has 5 heteroatoms. The predicted octanol–water partition coefficient (Wildman–Crippen LogP) is 5.23. The van der Waals surface area contributed by atoms with Crippen LogP contribution >= 0.6 is 0 Å². The molecule has 2 heterocycles. The summed E-state index contributed by atoms with van der Waals surface area (Å²) in [6, 6.07) is 15.0. The number of aryl methyl sites for hydroxylation is 1. The lowest BCUT2D eigenvalue weighted by Crippen LogP contribution is -2.78. The molecule has 2 aliphatic carbocycles. The lowest BCUT2D eigenvalue weighted by molar-refractivity contribution is -0.198. The number of hydrogen-bond acceptors (Lipinski definition) is 5. The molecule has 2 N–H and O–H groups in total. The second kappa shape index (κ2) is 10.3. The molecule has 4 aliphatic rings. The summed E-state index contributed by atoms with van der Waals surface area (Å²) in [7, 11) is 0. The molecule has 1 saturated heterocycles. The molecule has 2 aromatic rings. The summed E-state index contributed by atoms with van der Waals surface area (Å²) in [5.74, 6) is 0.868. The molecule has 1 saturated carbocycles. The highest BCUT2D eigenvalue weighted by atomic mass is 16.5. The first kappa shape index (κ1) is 25.9. The van der Waals surface area contributed by atoms with Crippen molar-refractivity contribution >= 4 is 0 Å². The number of ether oxygens (including phenoxy) is 1. The first-order valence-corrected chi connectivity index (χ1v) is 14.9. The van der Waals surface area contributed by atoms with Gasteiger partial charge in [-0.3, -0.25) is 9.80 Å². The molecule has 2 bridgehead atoms. The predicted molar refractivity (Wildman–Crippen MR) is 152 cm³/mol. The molecule has 2 fully saturated rings. The van der Waals surface area contributed by atoms with Crippen LogP contribution < -0.4 is 4.74 Å². The first-order chi connectivity index (χ1) is 18.5. The van der Waals surface area contributed by atoms with Gasteiger partial charge >= 0.3 is 0 Å². The number of nitrogens with zero attached hydrogens (tertiary/aromatic N) is 2. The van der Waals surface area contributed by atoms with Crippen molar-refractivity contribution in [3.63, 3.8) is 0 Å². The third-order valence-corrected chi connectivity index (χ3v) is 10.3. The third-order valence-electron chi connectivity index (χ3n) is 10.3. The number of piperidine rings is 1. The Morgan fingerprint density at radius 2 is 1.92 bits per heavy atom.